The fraction of sp³-hybridized carbons (Fsp3) is 0.600. The van der Waals surface area contributed by atoms with E-state index in [0.717, 1.165) is 31.6 Å². The quantitative estimate of drug-likeness (QED) is 0.855. The van der Waals surface area contributed by atoms with E-state index in [9.17, 15) is 9.59 Å². The molecule has 1 N–H and O–H groups in total. The Balaban J connectivity index is 1.68. The number of rotatable bonds is 5. The van der Waals surface area contributed by atoms with Gasteiger partial charge in [0.05, 0.1) is 6.04 Å². The minimum absolute atomic E-state index is 0.0643. The fourth-order valence-electron chi connectivity index (χ4n) is 4.17. The van der Waals surface area contributed by atoms with Crippen LogP contribution in [0.5, 0.6) is 0 Å². The molecule has 2 amide bonds. The first-order valence-electron chi connectivity index (χ1n) is 9.66. The van der Waals surface area contributed by atoms with Crippen molar-refractivity contribution in [2.24, 2.45) is 5.92 Å². The van der Waals surface area contributed by atoms with E-state index in [4.69, 9.17) is 11.6 Å². The van der Waals surface area contributed by atoms with Gasteiger partial charge in [-0.1, -0.05) is 31.4 Å². The molecule has 1 aliphatic carbocycles. The summed E-state index contributed by atoms with van der Waals surface area (Å²) in [6.45, 7) is 4.85. The molecular formula is C20H28ClN3O2. The lowest BCUT2D eigenvalue weighted by Gasteiger charge is -2.40. The van der Waals surface area contributed by atoms with E-state index in [0.29, 0.717) is 30.5 Å². The van der Waals surface area contributed by atoms with Crippen molar-refractivity contribution in [2.45, 2.75) is 45.1 Å². The SMILES string of the molecule is CCC(=O)N1CCN([C@@H](C(=O)Nc2ccc(Cl)cc2)C2CCCC2)CC1. The van der Waals surface area contributed by atoms with Gasteiger partial charge in [0.15, 0.2) is 0 Å². The highest BCUT2D eigenvalue weighted by Gasteiger charge is 2.37. The maximum Gasteiger partial charge on any atom is 0.242 e. The van der Waals surface area contributed by atoms with E-state index in [1.165, 1.54) is 12.8 Å². The van der Waals surface area contributed by atoms with E-state index < -0.39 is 0 Å². The number of nitrogens with zero attached hydrogens (tertiary/aromatic N) is 2. The smallest absolute Gasteiger partial charge is 0.242 e. The predicted molar refractivity (Wildman–Crippen MR) is 104 cm³/mol. The molecule has 2 fully saturated rings. The maximum absolute atomic E-state index is 13.1. The van der Waals surface area contributed by atoms with Crippen molar-refractivity contribution in [3.05, 3.63) is 29.3 Å². The first kappa shape index (κ1) is 19.2. The summed E-state index contributed by atoms with van der Waals surface area (Å²) in [5, 5.41) is 3.73. The molecule has 26 heavy (non-hydrogen) atoms. The van der Waals surface area contributed by atoms with E-state index in [-0.39, 0.29) is 17.9 Å². The van der Waals surface area contributed by atoms with E-state index in [1.54, 1.807) is 12.1 Å². The zero-order valence-corrected chi connectivity index (χ0v) is 16.2. The molecule has 1 atom stereocenters. The highest BCUT2D eigenvalue weighted by molar-refractivity contribution is 6.30. The summed E-state index contributed by atoms with van der Waals surface area (Å²) in [5.74, 6) is 0.665. The Bertz CT molecular complexity index is 620. The highest BCUT2D eigenvalue weighted by atomic mass is 35.5. The number of piperazine rings is 1. The van der Waals surface area contributed by atoms with Crippen LogP contribution < -0.4 is 5.32 Å². The largest absolute Gasteiger partial charge is 0.340 e. The van der Waals surface area contributed by atoms with Crippen molar-refractivity contribution >= 4 is 29.1 Å². The van der Waals surface area contributed by atoms with Crippen molar-refractivity contribution in [1.82, 2.24) is 9.80 Å². The zero-order valence-electron chi connectivity index (χ0n) is 15.4. The lowest BCUT2D eigenvalue weighted by molar-refractivity contribution is -0.134. The third-order valence-corrected chi connectivity index (χ3v) is 5.84. The topological polar surface area (TPSA) is 52.7 Å². The second-order valence-electron chi connectivity index (χ2n) is 7.26. The van der Waals surface area contributed by atoms with Crippen LogP contribution in [0.3, 0.4) is 0 Å². The molecule has 1 saturated heterocycles. The van der Waals surface area contributed by atoms with Crippen LogP contribution in [0.2, 0.25) is 5.02 Å². The summed E-state index contributed by atoms with van der Waals surface area (Å²) in [6, 6.07) is 7.13. The lowest BCUT2D eigenvalue weighted by Crippen LogP contribution is -2.56. The Morgan fingerprint density at radius 3 is 2.31 bits per heavy atom. The van der Waals surface area contributed by atoms with Crippen LogP contribution in [0, 0.1) is 5.92 Å². The summed E-state index contributed by atoms with van der Waals surface area (Å²) in [6.07, 6.45) is 5.15. The van der Waals surface area contributed by atoms with Crippen LogP contribution in [0.25, 0.3) is 0 Å². The lowest BCUT2D eigenvalue weighted by atomic mass is 9.95. The Kier molecular flexibility index (Phi) is 6.54. The minimum atomic E-state index is -0.118. The first-order chi connectivity index (χ1) is 12.6. The van der Waals surface area contributed by atoms with Crippen LogP contribution in [-0.2, 0) is 9.59 Å². The van der Waals surface area contributed by atoms with E-state index in [1.807, 2.05) is 24.0 Å². The molecule has 142 valence electrons. The van der Waals surface area contributed by atoms with Crippen LogP contribution in [0.15, 0.2) is 24.3 Å². The standard InChI is InChI=1S/C20H28ClN3O2/c1-2-18(25)23-11-13-24(14-12-23)19(15-5-3-4-6-15)20(26)22-17-9-7-16(21)8-10-17/h7-10,15,19H,2-6,11-14H2,1H3,(H,22,26)/t19-/m1/s1. The number of hydrogen-bond acceptors (Lipinski definition) is 3. The molecule has 1 saturated carbocycles. The number of halogens is 1. The van der Waals surface area contributed by atoms with Gasteiger partial charge in [-0.15, -0.1) is 0 Å². The monoisotopic (exact) mass is 377 g/mol. The molecular weight excluding hydrogens is 350 g/mol. The van der Waals surface area contributed by atoms with Crippen molar-refractivity contribution in [2.75, 3.05) is 31.5 Å². The van der Waals surface area contributed by atoms with Crippen molar-refractivity contribution in [1.29, 1.82) is 0 Å². The molecule has 0 radical (unpaired) electrons. The van der Waals surface area contributed by atoms with Gasteiger partial charge in [-0.25, -0.2) is 0 Å². The van der Waals surface area contributed by atoms with Gasteiger partial charge >= 0.3 is 0 Å². The molecule has 0 bridgehead atoms. The highest BCUT2D eigenvalue weighted by Crippen LogP contribution is 2.31. The van der Waals surface area contributed by atoms with Gasteiger partial charge in [-0.05, 0) is 43.0 Å². The van der Waals surface area contributed by atoms with Crippen molar-refractivity contribution in [3.63, 3.8) is 0 Å². The fourth-order valence-corrected chi connectivity index (χ4v) is 4.30. The Morgan fingerprint density at radius 2 is 1.73 bits per heavy atom. The molecule has 0 unspecified atom stereocenters. The minimum Gasteiger partial charge on any atom is -0.340 e. The molecule has 1 heterocycles. The van der Waals surface area contributed by atoms with Gasteiger partial charge in [0, 0.05) is 43.3 Å². The van der Waals surface area contributed by atoms with Crippen molar-refractivity contribution in [3.8, 4) is 0 Å². The summed E-state index contributed by atoms with van der Waals surface area (Å²) in [5.41, 5.74) is 0.780. The van der Waals surface area contributed by atoms with Gasteiger partial charge in [-0.3, -0.25) is 14.5 Å². The molecule has 2 aliphatic rings. The number of nitrogens with one attached hydrogen (secondary N) is 1. The second kappa shape index (κ2) is 8.87. The second-order valence-corrected chi connectivity index (χ2v) is 7.69. The van der Waals surface area contributed by atoms with Gasteiger partial charge in [0.1, 0.15) is 0 Å². The Hall–Kier alpha value is -1.59. The Labute approximate surface area is 160 Å². The predicted octanol–water partition coefficient (Wildman–Crippen LogP) is 3.39. The van der Waals surface area contributed by atoms with Gasteiger partial charge < -0.3 is 10.2 Å². The zero-order chi connectivity index (χ0) is 18.5. The van der Waals surface area contributed by atoms with Crippen LogP contribution in [-0.4, -0.2) is 53.8 Å². The average molecular weight is 378 g/mol. The van der Waals surface area contributed by atoms with Gasteiger partial charge in [0.25, 0.3) is 0 Å². The third kappa shape index (κ3) is 4.57. The summed E-state index contributed by atoms with van der Waals surface area (Å²) in [7, 11) is 0. The number of amides is 2. The summed E-state index contributed by atoms with van der Waals surface area (Å²) >= 11 is 5.93. The molecule has 0 spiro atoms. The van der Waals surface area contributed by atoms with Crippen LogP contribution >= 0.6 is 11.6 Å². The number of benzene rings is 1. The van der Waals surface area contributed by atoms with E-state index in [2.05, 4.69) is 10.2 Å². The van der Waals surface area contributed by atoms with Gasteiger partial charge in [-0.2, -0.15) is 0 Å². The van der Waals surface area contributed by atoms with Crippen LogP contribution in [0.4, 0.5) is 5.69 Å². The Morgan fingerprint density at radius 1 is 1.12 bits per heavy atom. The first-order valence-corrected chi connectivity index (χ1v) is 10.0. The average Bonchev–Trinajstić information content (AvgIpc) is 3.18. The number of anilines is 1. The number of hydrogen-bond donors (Lipinski definition) is 1. The number of carbonyl (C=O) groups excluding carboxylic acids is 2. The van der Waals surface area contributed by atoms with Crippen molar-refractivity contribution < 1.29 is 9.59 Å². The molecule has 1 aromatic carbocycles. The van der Waals surface area contributed by atoms with Gasteiger partial charge in [0.2, 0.25) is 11.8 Å². The normalized spacial score (nSPS) is 20.2. The summed E-state index contributed by atoms with van der Waals surface area (Å²) in [4.78, 5) is 29.2. The summed E-state index contributed by atoms with van der Waals surface area (Å²) < 4.78 is 0. The number of carbonyl (C=O) groups is 2. The molecule has 6 heteroatoms. The molecule has 1 aliphatic heterocycles. The van der Waals surface area contributed by atoms with Crippen LogP contribution in [0.1, 0.15) is 39.0 Å². The third-order valence-electron chi connectivity index (χ3n) is 5.59. The molecule has 5 nitrogen and oxygen atoms in total. The molecule has 3 rings (SSSR count). The van der Waals surface area contributed by atoms with E-state index >= 15 is 0 Å². The molecule has 0 aromatic heterocycles. The molecule has 1 aromatic rings. The maximum atomic E-state index is 13.1.